The third-order valence-electron chi connectivity index (χ3n) is 2.91. The van der Waals surface area contributed by atoms with Crippen molar-refractivity contribution >= 4 is 33.7 Å². The third-order valence-corrected chi connectivity index (χ3v) is 3.33. The summed E-state index contributed by atoms with van der Waals surface area (Å²) in [5.41, 5.74) is 5.36. The molecule has 0 spiro atoms. The summed E-state index contributed by atoms with van der Waals surface area (Å²) in [6.45, 7) is 1.33. The quantitative estimate of drug-likeness (QED) is 0.623. The molecule has 1 aromatic carbocycles. The van der Waals surface area contributed by atoms with E-state index in [4.69, 9.17) is 9.15 Å². The van der Waals surface area contributed by atoms with Crippen molar-refractivity contribution in [2.24, 2.45) is 0 Å². The number of carbonyl (C=O) groups is 3. The first-order valence-corrected chi connectivity index (χ1v) is 8.04. The van der Waals surface area contributed by atoms with E-state index in [-0.39, 0.29) is 18.9 Å². The lowest BCUT2D eigenvalue weighted by atomic mass is 10.2. The van der Waals surface area contributed by atoms with Crippen molar-refractivity contribution in [3.05, 3.63) is 52.4 Å². The molecule has 0 aliphatic heterocycles. The van der Waals surface area contributed by atoms with Crippen molar-refractivity contribution in [2.75, 3.05) is 13.2 Å². The Bertz CT molecular complexity index is 775. The van der Waals surface area contributed by atoms with E-state index in [0.29, 0.717) is 10.4 Å². The summed E-state index contributed by atoms with van der Waals surface area (Å²) < 4.78 is 10.7. The number of hydrazine groups is 1. The summed E-state index contributed by atoms with van der Waals surface area (Å²) in [6, 6.07) is 10.2. The first kappa shape index (κ1) is 18.5. The largest absolute Gasteiger partial charge is 0.484 e. The van der Waals surface area contributed by atoms with E-state index >= 15 is 0 Å². The number of aryl methyl sites for hydroxylation is 1. The topological polar surface area (TPSA) is 110 Å². The second-order valence-corrected chi connectivity index (χ2v) is 5.77. The highest BCUT2D eigenvalue weighted by Gasteiger charge is 2.12. The SMILES string of the molecule is Cc1cccc(OCC(=O)NNC(=O)CNC(=O)c2ccc(Br)o2)c1. The molecule has 0 atom stereocenters. The van der Waals surface area contributed by atoms with E-state index in [9.17, 15) is 14.4 Å². The van der Waals surface area contributed by atoms with E-state index in [0.717, 1.165) is 5.56 Å². The Morgan fingerprint density at radius 3 is 2.56 bits per heavy atom. The highest BCUT2D eigenvalue weighted by molar-refractivity contribution is 9.10. The van der Waals surface area contributed by atoms with Crippen LogP contribution in [-0.2, 0) is 9.59 Å². The minimum absolute atomic E-state index is 0.0651. The molecule has 3 amide bonds. The van der Waals surface area contributed by atoms with Gasteiger partial charge < -0.3 is 14.5 Å². The second-order valence-electron chi connectivity index (χ2n) is 4.99. The van der Waals surface area contributed by atoms with Gasteiger partial charge in [0.15, 0.2) is 17.0 Å². The molecule has 0 aliphatic rings. The van der Waals surface area contributed by atoms with Gasteiger partial charge in [0.2, 0.25) is 0 Å². The number of ether oxygens (including phenoxy) is 1. The number of furan rings is 1. The van der Waals surface area contributed by atoms with Crippen LogP contribution in [0.25, 0.3) is 0 Å². The molecule has 0 saturated carbocycles. The van der Waals surface area contributed by atoms with E-state index in [1.54, 1.807) is 18.2 Å². The van der Waals surface area contributed by atoms with Gasteiger partial charge in [0.05, 0.1) is 6.54 Å². The molecular weight excluding hydrogens is 394 g/mol. The highest BCUT2D eigenvalue weighted by Crippen LogP contribution is 2.13. The van der Waals surface area contributed by atoms with E-state index < -0.39 is 17.7 Å². The summed E-state index contributed by atoms with van der Waals surface area (Å²) in [5, 5.41) is 2.35. The Morgan fingerprint density at radius 2 is 1.88 bits per heavy atom. The van der Waals surface area contributed by atoms with Gasteiger partial charge in [-0.2, -0.15) is 0 Å². The first-order chi connectivity index (χ1) is 11.9. The maximum atomic E-state index is 11.7. The molecule has 0 unspecified atom stereocenters. The standard InChI is InChI=1S/C16H16BrN3O5/c1-10-3-2-4-11(7-10)24-9-15(22)20-19-14(21)8-18-16(23)12-5-6-13(17)25-12/h2-7H,8-9H2,1H3,(H,18,23)(H,19,21)(H,20,22). The van der Waals surface area contributed by atoms with Crippen LogP contribution in [0.5, 0.6) is 5.75 Å². The van der Waals surface area contributed by atoms with Crippen LogP contribution < -0.4 is 20.9 Å². The molecule has 132 valence electrons. The molecule has 1 aromatic heterocycles. The van der Waals surface area contributed by atoms with Crippen molar-refractivity contribution in [3.63, 3.8) is 0 Å². The Kier molecular flexibility index (Phi) is 6.58. The van der Waals surface area contributed by atoms with Gasteiger partial charge in [-0.25, -0.2) is 0 Å². The number of amides is 3. The Hall–Kier alpha value is -2.81. The average molecular weight is 410 g/mol. The minimum Gasteiger partial charge on any atom is -0.484 e. The monoisotopic (exact) mass is 409 g/mol. The molecule has 1 heterocycles. The Balaban J connectivity index is 1.65. The minimum atomic E-state index is -0.595. The Labute approximate surface area is 152 Å². The van der Waals surface area contributed by atoms with Crippen LogP contribution in [0, 0.1) is 6.92 Å². The van der Waals surface area contributed by atoms with E-state index in [1.807, 2.05) is 19.1 Å². The van der Waals surface area contributed by atoms with Gasteiger partial charge in [-0.1, -0.05) is 12.1 Å². The van der Waals surface area contributed by atoms with Gasteiger partial charge in [-0.3, -0.25) is 25.2 Å². The van der Waals surface area contributed by atoms with Crippen LogP contribution in [0.2, 0.25) is 0 Å². The number of nitrogens with one attached hydrogen (secondary N) is 3. The maximum Gasteiger partial charge on any atom is 0.287 e. The molecular formula is C16H16BrN3O5. The van der Waals surface area contributed by atoms with Crippen molar-refractivity contribution in [1.29, 1.82) is 0 Å². The molecule has 0 saturated heterocycles. The van der Waals surface area contributed by atoms with Crippen molar-refractivity contribution in [2.45, 2.75) is 6.92 Å². The van der Waals surface area contributed by atoms with Gasteiger partial charge >= 0.3 is 0 Å². The molecule has 2 rings (SSSR count). The van der Waals surface area contributed by atoms with Crippen LogP contribution in [0.3, 0.4) is 0 Å². The van der Waals surface area contributed by atoms with E-state index in [1.165, 1.54) is 6.07 Å². The fraction of sp³-hybridized carbons (Fsp3) is 0.188. The highest BCUT2D eigenvalue weighted by atomic mass is 79.9. The van der Waals surface area contributed by atoms with Crippen LogP contribution in [-0.4, -0.2) is 30.9 Å². The second kappa shape index (κ2) is 8.88. The number of hydrogen-bond donors (Lipinski definition) is 3. The van der Waals surface area contributed by atoms with Gasteiger partial charge in [-0.15, -0.1) is 0 Å². The van der Waals surface area contributed by atoms with Gasteiger partial charge in [-0.05, 0) is 52.7 Å². The molecule has 2 aromatic rings. The predicted octanol–water partition coefficient (Wildman–Crippen LogP) is 1.31. The fourth-order valence-corrected chi connectivity index (χ4v) is 2.06. The zero-order valence-corrected chi connectivity index (χ0v) is 14.9. The normalized spacial score (nSPS) is 10.0. The van der Waals surface area contributed by atoms with Crippen molar-refractivity contribution in [1.82, 2.24) is 16.2 Å². The summed E-state index contributed by atoms with van der Waals surface area (Å²) in [5.74, 6) is -1.05. The summed E-state index contributed by atoms with van der Waals surface area (Å²) in [4.78, 5) is 34.9. The summed E-state index contributed by atoms with van der Waals surface area (Å²) in [6.07, 6.45) is 0. The fourth-order valence-electron chi connectivity index (χ4n) is 1.76. The molecule has 0 radical (unpaired) electrons. The molecule has 8 nitrogen and oxygen atoms in total. The van der Waals surface area contributed by atoms with E-state index in [2.05, 4.69) is 32.1 Å². The maximum absolute atomic E-state index is 11.7. The van der Waals surface area contributed by atoms with Crippen LogP contribution >= 0.6 is 15.9 Å². The van der Waals surface area contributed by atoms with Crippen molar-refractivity contribution < 1.29 is 23.5 Å². The number of benzene rings is 1. The molecule has 0 aliphatic carbocycles. The van der Waals surface area contributed by atoms with Crippen LogP contribution in [0.4, 0.5) is 0 Å². The number of halogens is 1. The lowest BCUT2D eigenvalue weighted by Crippen LogP contribution is -2.47. The zero-order chi connectivity index (χ0) is 18.2. The first-order valence-electron chi connectivity index (χ1n) is 7.25. The third kappa shape index (κ3) is 6.30. The molecule has 0 fully saturated rings. The number of hydrogen-bond acceptors (Lipinski definition) is 5. The zero-order valence-electron chi connectivity index (χ0n) is 13.3. The summed E-state index contributed by atoms with van der Waals surface area (Å²) >= 11 is 3.07. The smallest absolute Gasteiger partial charge is 0.287 e. The van der Waals surface area contributed by atoms with Gasteiger partial charge in [0, 0.05) is 0 Å². The lowest BCUT2D eigenvalue weighted by molar-refractivity contribution is -0.129. The number of carbonyl (C=O) groups excluding carboxylic acids is 3. The Morgan fingerprint density at radius 1 is 1.12 bits per heavy atom. The average Bonchev–Trinajstić information content (AvgIpc) is 3.02. The van der Waals surface area contributed by atoms with Gasteiger partial charge in [0.1, 0.15) is 5.75 Å². The van der Waals surface area contributed by atoms with Crippen molar-refractivity contribution in [3.8, 4) is 5.75 Å². The number of rotatable bonds is 6. The van der Waals surface area contributed by atoms with Gasteiger partial charge in [0.25, 0.3) is 17.7 Å². The van der Waals surface area contributed by atoms with Crippen LogP contribution in [0.15, 0.2) is 45.5 Å². The molecule has 0 bridgehead atoms. The predicted molar refractivity (Wildman–Crippen MR) is 91.7 cm³/mol. The molecule has 3 N–H and O–H groups in total. The molecule has 9 heteroatoms. The van der Waals surface area contributed by atoms with Crippen LogP contribution in [0.1, 0.15) is 16.1 Å². The molecule has 25 heavy (non-hydrogen) atoms. The lowest BCUT2D eigenvalue weighted by Gasteiger charge is -2.09. The summed E-state index contributed by atoms with van der Waals surface area (Å²) in [7, 11) is 0.